The maximum Gasteiger partial charge on any atom is 0.324 e. The average Bonchev–Trinajstić information content (AvgIpc) is 3.34. The number of carboxylic acids is 1. The highest BCUT2D eigenvalue weighted by molar-refractivity contribution is 8.01. The number of nitrogens with zero attached hydrogens (tertiary/aromatic N) is 2. The molecule has 0 aliphatic heterocycles. The number of amides is 2. The summed E-state index contributed by atoms with van der Waals surface area (Å²) in [5, 5.41) is 12.3. The van der Waals surface area contributed by atoms with Gasteiger partial charge in [0.1, 0.15) is 0 Å². The zero-order valence-corrected chi connectivity index (χ0v) is 17.9. The second kappa shape index (κ2) is 10.5. The van der Waals surface area contributed by atoms with Gasteiger partial charge in [-0.05, 0) is 44.4 Å². The van der Waals surface area contributed by atoms with E-state index >= 15 is 0 Å². The van der Waals surface area contributed by atoms with E-state index in [-0.39, 0.29) is 17.8 Å². The molecule has 0 spiro atoms. The maximum atomic E-state index is 13.1. The number of anilines is 1. The molecular formula is C19H29N3O4S2. The molecule has 2 aliphatic rings. The van der Waals surface area contributed by atoms with Crippen LogP contribution < -0.4 is 5.32 Å². The number of aromatic nitrogens is 1. The smallest absolute Gasteiger partial charge is 0.324 e. The summed E-state index contributed by atoms with van der Waals surface area (Å²) < 4.78 is 6.10. The number of carbonyl (C=O) groups excluding carboxylic acids is 1. The molecule has 2 fully saturated rings. The summed E-state index contributed by atoms with van der Waals surface area (Å²) in [4.78, 5) is 30.2. The summed E-state index contributed by atoms with van der Waals surface area (Å²) in [6.07, 6.45) is 10.4. The Bertz CT molecular complexity index is 655. The number of urea groups is 1. The van der Waals surface area contributed by atoms with Crippen LogP contribution in [0.1, 0.15) is 51.4 Å². The van der Waals surface area contributed by atoms with Gasteiger partial charge >= 0.3 is 12.0 Å². The van der Waals surface area contributed by atoms with Crippen LogP contribution in [0.5, 0.6) is 0 Å². The molecule has 1 aromatic rings. The number of carbonyl (C=O) groups is 2. The zero-order valence-electron chi connectivity index (χ0n) is 16.3. The molecule has 1 aromatic heterocycles. The van der Waals surface area contributed by atoms with Crippen molar-refractivity contribution < 1.29 is 19.4 Å². The summed E-state index contributed by atoms with van der Waals surface area (Å²) in [6, 6.07) is 0.521. The van der Waals surface area contributed by atoms with Crippen LogP contribution in [0.15, 0.2) is 10.4 Å². The van der Waals surface area contributed by atoms with E-state index in [4.69, 9.17) is 9.84 Å². The number of aliphatic carboxylic acids is 1. The third kappa shape index (κ3) is 5.84. The lowest BCUT2D eigenvalue weighted by molar-refractivity contribution is -0.133. The molecule has 3 rings (SSSR count). The fourth-order valence-electron chi connectivity index (χ4n) is 4.31. The average molecular weight is 428 g/mol. The lowest BCUT2D eigenvalue weighted by atomic mass is 9.85. The fourth-order valence-corrected chi connectivity index (χ4v) is 5.89. The van der Waals surface area contributed by atoms with Crippen LogP contribution in [0.3, 0.4) is 0 Å². The maximum absolute atomic E-state index is 13.1. The van der Waals surface area contributed by atoms with Gasteiger partial charge in [-0.25, -0.2) is 9.78 Å². The Morgan fingerprint density at radius 3 is 2.57 bits per heavy atom. The van der Waals surface area contributed by atoms with Crippen molar-refractivity contribution in [1.29, 1.82) is 0 Å². The minimum atomic E-state index is -0.861. The molecule has 2 N–H and O–H groups in total. The highest BCUT2D eigenvalue weighted by atomic mass is 32.2. The van der Waals surface area contributed by atoms with Crippen molar-refractivity contribution >= 4 is 40.2 Å². The van der Waals surface area contributed by atoms with Crippen molar-refractivity contribution in [2.45, 2.75) is 67.7 Å². The van der Waals surface area contributed by atoms with Crippen molar-refractivity contribution in [2.75, 3.05) is 24.8 Å². The predicted molar refractivity (Wildman–Crippen MR) is 111 cm³/mol. The van der Waals surface area contributed by atoms with Crippen LogP contribution in [0.25, 0.3) is 0 Å². The van der Waals surface area contributed by atoms with Gasteiger partial charge in [0.25, 0.3) is 0 Å². The van der Waals surface area contributed by atoms with E-state index in [2.05, 4.69) is 15.2 Å². The van der Waals surface area contributed by atoms with Crippen LogP contribution >= 0.6 is 23.1 Å². The number of carboxylic acid groups (broad SMARTS) is 1. The first-order chi connectivity index (χ1) is 13.6. The Morgan fingerprint density at radius 2 is 1.93 bits per heavy atom. The standard InChI is InChI=1S/C19H29N3O4S2/c1-26-11-13-6-8-15(9-7-13)22(14-4-2-3-5-14)19(25)21-18-20-10-17(28-18)27-12-16(23)24/h10,13-15H,2-9,11-12H2,1H3,(H,23,24)(H,20,21,25)/t13-,15-. The monoisotopic (exact) mass is 427 g/mol. The minimum Gasteiger partial charge on any atom is -0.481 e. The van der Waals surface area contributed by atoms with Gasteiger partial charge in [0.2, 0.25) is 0 Å². The molecule has 0 saturated heterocycles. The number of ether oxygens (including phenoxy) is 1. The van der Waals surface area contributed by atoms with E-state index in [1.165, 1.54) is 35.9 Å². The number of methoxy groups -OCH3 is 1. The van der Waals surface area contributed by atoms with Gasteiger partial charge in [0.15, 0.2) is 5.13 Å². The fraction of sp³-hybridized carbons (Fsp3) is 0.737. The van der Waals surface area contributed by atoms with E-state index in [9.17, 15) is 9.59 Å². The third-order valence-corrected chi connectivity index (χ3v) is 7.69. The molecule has 0 radical (unpaired) electrons. The molecule has 0 aromatic carbocycles. The van der Waals surface area contributed by atoms with Gasteiger partial charge in [0, 0.05) is 25.8 Å². The topological polar surface area (TPSA) is 91.8 Å². The summed E-state index contributed by atoms with van der Waals surface area (Å²) in [5.41, 5.74) is 0. The summed E-state index contributed by atoms with van der Waals surface area (Å²) in [7, 11) is 1.75. The van der Waals surface area contributed by atoms with Crippen LogP contribution in [0.2, 0.25) is 0 Å². The third-order valence-electron chi connectivity index (χ3n) is 5.60. The number of nitrogens with one attached hydrogen (secondary N) is 1. The van der Waals surface area contributed by atoms with E-state index in [0.29, 0.717) is 17.1 Å². The van der Waals surface area contributed by atoms with E-state index in [0.717, 1.165) is 49.3 Å². The highest BCUT2D eigenvalue weighted by Gasteiger charge is 2.35. The van der Waals surface area contributed by atoms with E-state index in [1.807, 2.05) is 0 Å². The van der Waals surface area contributed by atoms with Gasteiger partial charge in [-0.3, -0.25) is 10.1 Å². The molecule has 2 aliphatic carbocycles. The van der Waals surface area contributed by atoms with Crippen LogP contribution in [-0.2, 0) is 9.53 Å². The molecule has 7 nitrogen and oxygen atoms in total. The predicted octanol–water partition coefficient (Wildman–Crippen LogP) is 4.30. The molecule has 2 amide bonds. The number of thioether (sulfide) groups is 1. The Balaban J connectivity index is 1.62. The summed E-state index contributed by atoms with van der Waals surface area (Å²) >= 11 is 2.55. The van der Waals surface area contributed by atoms with Crippen molar-refractivity contribution in [2.24, 2.45) is 5.92 Å². The highest BCUT2D eigenvalue weighted by Crippen LogP contribution is 2.34. The summed E-state index contributed by atoms with van der Waals surface area (Å²) in [6.45, 7) is 0.804. The first-order valence-electron chi connectivity index (χ1n) is 9.95. The Kier molecular flexibility index (Phi) is 7.99. The Hall–Kier alpha value is -1.32. The molecule has 0 bridgehead atoms. The van der Waals surface area contributed by atoms with Gasteiger partial charge < -0.3 is 14.7 Å². The number of thiazole rings is 1. The van der Waals surface area contributed by atoms with Gasteiger partial charge in [-0.15, -0.1) is 11.8 Å². The SMILES string of the molecule is COC[C@H]1CC[C@H](N(C(=O)Nc2ncc(SCC(=O)O)s2)C2CCCC2)CC1. The molecule has 28 heavy (non-hydrogen) atoms. The van der Waals surface area contributed by atoms with Crippen LogP contribution in [0.4, 0.5) is 9.93 Å². The van der Waals surface area contributed by atoms with E-state index in [1.54, 1.807) is 13.3 Å². The summed E-state index contributed by atoms with van der Waals surface area (Å²) in [5.74, 6) is -0.267. The van der Waals surface area contributed by atoms with Crippen molar-refractivity contribution in [1.82, 2.24) is 9.88 Å². The van der Waals surface area contributed by atoms with Crippen LogP contribution in [-0.4, -0.2) is 58.5 Å². The molecule has 2 saturated carbocycles. The molecular weight excluding hydrogens is 398 g/mol. The molecule has 9 heteroatoms. The van der Waals surface area contributed by atoms with Gasteiger partial charge in [0.05, 0.1) is 16.2 Å². The molecule has 1 heterocycles. The quantitative estimate of drug-likeness (QED) is 0.601. The van der Waals surface area contributed by atoms with Gasteiger partial charge in [-0.2, -0.15) is 0 Å². The van der Waals surface area contributed by atoms with Crippen molar-refractivity contribution in [3.05, 3.63) is 6.20 Å². The lowest BCUT2D eigenvalue weighted by Gasteiger charge is -2.40. The second-order valence-electron chi connectivity index (χ2n) is 7.57. The molecule has 156 valence electrons. The zero-order chi connectivity index (χ0) is 19.9. The first kappa shape index (κ1) is 21.4. The first-order valence-corrected chi connectivity index (χ1v) is 11.8. The molecule has 0 atom stereocenters. The van der Waals surface area contributed by atoms with Crippen molar-refractivity contribution in [3.8, 4) is 0 Å². The van der Waals surface area contributed by atoms with E-state index < -0.39 is 5.97 Å². The second-order valence-corrected chi connectivity index (χ2v) is 9.88. The lowest BCUT2D eigenvalue weighted by Crippen LogP contribution is -2.49. The Labute approximate surface area is 174 Å². The number of hydrogen-bond donors (Lipinski definition) is 2. The van der Waals surface area contributed by atoms with Crippen LogP contribution in [0, 0.1) is 5.92 Å². The van der Waals surface area contributed by atoms with Gasteiger partial charge in [-0.1, -0.05) is 24.2 Å². The Morgan fingerprint density at radius 1 is 1.25 bits per heavy atom. The molecule has 0 unspecified atom stereocenters. The largest absolute Gasteiger partial charge is 0.481 e. The number of hydrogen-bond acceptors (Lipinski definition) is 6. The van der Waals surface area contributed by atoms with Crippen molar-refractivity contribution in [3.63, 3.8) is 0 Å². The minimum absolute atomic E-state index is 0.00546. The normalized spacial score (nSPS) is 22.9. The number of rotatable bonds is 8.